The number of halogens is 1. The van der Waals surface area contributed by atoms with Crippen LogP contribution in [-0.4, -0.2) is 10.5 Å². The van der Waals surface area contributed by atoms with E-state index in [1.807, 2.05) is 23.9 Å². The molecule has 0 saturated heterocycles. The summed E-state index contributed by atoms with van der Waals surface area (Å²) in [4.78, 5) is 10.6. The lowest BCUT2D eigenvalue weighted by molar-refractivity contribution is -0.255. The number of aryl methyl sites for hydroxylation is 1. The van der Waals surface area contributed by atoms with Crippen LogP contribution in [0.5, 0.6) is 0 Å². The molecule has 0 N–H and O–H groups in total. The van der Waals surface area contributed by atoms with Crippen molar-refractivity contribution in [2.24, 2.45) is 7.05 Å². The van der Waals surface area contributed by atoms with Crippen molar-refractivity contribution in [3.63, 3.8) is 0 Å². The SMILES string of the molecule is Cn1ccc2cc(C(=O)[O-])cc(Cl)c21. The summed E-state index contributed by atoms with van der Waals surface area (Å²) >= 11 is 5.94. The van der Waals surface area contributed by atoms with Gasteiger partial charge in [-0.15, -0.1) is 0 Å². The summed E-state index contributed by atoms with van der Waals surface area (Å²) in [6, 6.07) is 4.77. The molecule has 0 aliphatic rings. The highest BCUT2D eigenvalue weighted by Gasteiger charge is 2.05. The molecule has 2 aromatic rings. The summed E-state index contributed by atoms with van der Waals surface area (Å²) in [5, 5.41) is 11.9. The number of carboxylic acids is 1. The van der Waals surface area contributed by atoms with Crippen LogP contribution in [0.25, 0.3) is 10.9 Å². The molecular formula is C10H7ClNO2-. The van der Waals surface area contributed by atoms with Gasteiger partial charge >= 0.3 is 0 Å². The lowest BCUT2D eigenvalue weighted by Gasteiger charge is -2.05. The molecule has 2 rings (SSSR count). The Morgan fingerprint density at radius 3 is 2.86 bits per heavy atom. The molecule has 0 saturated carbocycles. The number of carbonyl (C=O) groups excluding carboxylic acids is 1. The number of hydrogen-bond donors (Lipinski definition) is 0. The van der Waals surface area contributed by atoms with Gasteiger partial charge in [0.1, 0.15) is 0 Å². The predicted molar refractivity (Wildman–Crippen MR) is 52.3 cm³/mol. The molecule has 0 atom stereocenters. The Morgan fingerprint density at radius 1 is 1.50 bits per heavy atom. The van der Waals surface area contributed by atoms with Gasteiger partial charge in [-0.2, -0.15) is 0 Å². The Balaban J connectivity index is 2.80. The van der Waals surface area contributed by atoms with Gasteiger partial charge in [0.2, 0.25) is 0 Å². The summed E-state index contributed by atoms with van der Waals surface area (Å²) in [7, 11) is 1.85. The first-order valence-corrected chi connectivity index (χ1v) is 4.43. The minimum absolute atomic E-state index is 0.105. The average Bonchev–Trinajstić information content (AvgIpc) is 2.48. The van der Waals surface area contributed by atoms with Crippen molar-refractivity contribution < 1.29 is 9.90 Å². The maximum Gasteiger partial charge on any atom is 0.0716 e. The Labute approximate surface area is 85.5 Å². The van der Waals surface area contributed by atoms with E-state index in [0.717, 1.165) is 10.9 Å². The first kappa shape index (κ1) is 9.09. The highest BCUT2D eigenvalue weighted by atomic mass is 35.5. The van der Waals surface area contributed by atoms with Gasteiger partial charge in [0.25, 0.3) is 0 Å². The standard InChI is InChI=1S/C10H8ClNO2/c1-12-3-2-6-4-7(10(13)14)5-8(11)9(6)12/h2-5H,1H3,(H,13,14)/p-1. The number of fused-ring (bicyclic) bond motifs is 1. The van der Waals surface area contributed by atoms with Crippen LogP contribution in [0.2, 0.25) is 5.02 Å². The van der Waals surface area contributed by atoms with E-state index in [-0.39, 0.29) is 5.56 Å². The molecule has 1 heterocycles. The van der Waals surface area contributed by atoms with Crippen LogP contribution in [0.1, 0.15) is 10.4 Å². The number of carbonyl (C=O) groups is 1. The van der Waals surface area contributed by atoms with Gasteiger partial charge in [-0.05, 0) is 23.8 Å². The normalized spacial score (nSPS) is 10.7. The van der Waals surface area contributed by atoms with Crippen molar-refractivity contribution in [1.29, 1.82) is 0 Å². The number of carboxylic acid groups (broad SMARTS) is 1. The molecule has 1 aromatic heterocycles. The molecule has 1 aromatic carbocycles. The van der Waals surface area contributed by atoms with Crippen LogP contribution in [-0.2, 0) is 7.05 Å². The summed E-state index contributed by atoms with van der Waals surface area (Å²) in [5.74, 6) is -1.21. The average molecular weight is 209 g/mol. The van der Waals surface area contributed by atoms with E-state index in [0.29, 0.717) is 5.02 Å². The molecule has 0 spiro atoms. The Kier molecular flexibility index (Phi) is 1.97. The third-order valence-corrected chi connectivity index (χ3v) is 2.45. The first-order valence-electron chi connectivity index (χ1n) is 4.05. The molecule has 0 unspecified atom stereocenters. The molecule has 0 amide bonds. The predicted octanol–water partition coefficient (Wildman–Crippen LogP) is 1.20. The van der Waals surface area contributed by atoms with E-state index >= 15 is 0 Å². The fraction of sp³-hybridized carbons (Fsp3) is 0.100. The maximum absolute atomic E-state index is 10.6. The molecule has 0 aliphatic heterocycles. The number of aromatic carboxylic acids is 1. The summed E-state index contributed by atoms with van der Waals surface area (Å²) in [6.07, 6.45) is 1.83. The number of nitrogens with zero attached hydrogens (tertiary/aromatic N) is 1. The van der Waals surface area contributed by atoms with Gasteiger partial charge in [0.05, 0.1) is 16.5 Å². The lowest BCUT2D eigenvalue weighted by Crippen LogP contribution is -2.22. The number of aromatic nitrogens is 1. The molecule has 14 heavy (non-hydrogen) atoms. The van der Waals surface area contributed by atoms with Gasteiger partial charge in [-0.3, -0.25) is 0 Å². The fourth-order valence-corrected chi connectivity index (χ4v) is 1.86. The van der Waals surface area contributed by atoms with Crippen LogP contribution in [0.15, 0.2) is 24.4 Å². The van der Waals surface area contributed by atoms with E-state index in [4.69, 9.17) is 11.6 Å². The van der Waals surface area contributed by atoms with Crippen molar-refractivity contribution in [3.8, 4) is 0 Å². The van der Waals surface area contributed by atoms with E-state index in [1.54, 1.807) is 6.07 Å². The highest BCUT2D eigenvalue weighted by molar-refractivity contribution is 6.35. The summed E-state index contributed by atoms with van der Waals surface area (Å²) < 4.78 is 1.84. The second-order valence-electron chi connectivity index (χ2n) is 3.11. The highest BCUT2D eigenvalue weighted by Crippen LogP contribution is 2.25. The third kappa shape index (κ3) is 1.26. The second kappa shape index (κ2) is 3.03. The molecule has 0 fully saturated rings. The molecule has 4 heteroatoms. The van der Waals surface area contributed by atoms with Crippen LogP contribution in [0.3, 0.4) is 0 Å². The molecule has 0 radical (unpaired) electrons. The largest absolute Gasteiger partial charge is 0.545 e. The quantitative estimate of drug-likeness (QED) is 0.707. The number of benzene rings is 1. The Morgan fingerprint density at radius 2 is 2.21 bits per heavy atom. The van der Waals surface area contributed by atoms with Gasteiger partial charge < -0.3 is 14.5 Å². The van der Waals surface area contributed by atoms with E-state index in [1.165, 1.54) is 6.07 Å². The molecule has 0 bridgehead atoms. The van der Waals surface area contributed by atoms with E-state index in [9.17, 15) is 9.90 Å². The Hall–Kier alpha value is -1.48. The van der Waals surface area contributed by atoms with Gasteiger partial charge in [-0.1, -0.05) is 11.6 Å². The van der Waals surface area contributed by atoms with Crippen molar-refractivity contribution in [3.05, 3.63) is 35.0 Å². The van der Waals surface area contributed by atoms with Gasteiger partial charge in [-0.25, -0.2) is 0 Å². The molecular weight excluding hydrogens is 202 g/mol. The Bertz CT molecular complexity index is 516. The van der Waals surface area contributed by atoms with Crippen molar-refractivity contribution >= 4 is 28.5 Å². The lowest BCUT2D eigenvalue weighted by atomic mass is 10.1. The minimum Gasteiger partial charge on any atom is -0.545 e. The third-order valence-electron chi connectivity index (χ3n) is 2.16. The van der Waals surface area contributed by atoms with Crippen molar-refractivity contribution in [2.75, 3.05) is 0 Å². The zero-order valence-corrected chi connectivity index (χ0v) is 8.21. The van der Waals surface area contributed by atoms with Crippen molar-refractivity contribution in [1.82, 2.24) is 4.57 Å². The zero-order chi connectivity index (χ0) is 10.3. The number of rotatable bonds is 1. The van der Waals surface area contributed by atoms with Gasteiger partial charge in [0.15, 0.2) is 0 Å². The fourth-order valence-electron chi connectivity index (χ4n) is 1.50. The second-order valence-corrected chi connectivity index (χ2v) is 3.52. The number of hydrogen-bond acceptors (Lipinski definition) is 2. The molecule has 3 nitrogen and oxygen atoms in total. The first-order chi connectivity index (χ1) is 6.59. The van der Waals surface area contributed by atoms with Crippen LogP contribution in [0, 0.1) is 0 Å². The van der Waals surface area contributed by atoms with E-state index < -0.39 is 5.97 Å². The topological polar surface area (TPSA) is 45.1 Å². The van der Waals surface area contributed by atoms with Crippen LogP contribution < -0.4 is 5.11 Å². The van der Waals surface area contributed by atoms with Crippen molar-refractivity contribution in [2.45, 2.75) is 0 Å². The smallest absolute Gasteiger partial charge is 0.0716 e. The van der Waals surface area contributed by atoms with Gasteiger partial charge in [0, 0.05) is 18.6 Å². The molecule has 72 valence electrons. The zero-order valence-electron chi connectivity index (χ0n) is 7.45. The van der Waals surface area contributed by atoms with Crippen LogP contribution >= 0.6 is 11.6 Å². The monoisotopic (exact) mass is 208 g/mol. The summed E-state index contributed by atoms with van der Waals surface area (Å²) in [5.41, 5.74) is 0.936. The summed E-state index contributed by atoms with van der Waals surface area (Å²) in [6.45, 7) is 0. The molecule has 0 aliphatic carbocycles. The van der Waals surface area contributed by atoms with Crippen LogP contribution in [0.4, 0.5) is 0 Å². The maximum atomic E-state index is 10.6. The minimum atomic E-state index is -1.21. The van der Waals surface area contributed by atoms with E-state index in [2.05, 4.69) is 0 Å².